The molecule has 0 spiro atoms. The molecule has 1 saturated heterocycles. The molecular weight excluding hydrogens is 409 g/mol. The normalized spacial score (nSPS) is 16.0. The van der Waals surface area contributed by atoms with Gasteiger partial charge < -0.3 is 19.9 Å². The lowest BCUT2D eigenvalue weighted by Gasteiger charge is -2.26. The molecule has 9 heteroatoms. The van der Waals surface area contributed by atoms with Crippen molar-refractivity contribution in [2.24, 2.45) is 12.0 Å². The molecule has 0 amide bonds. The highest BCUT2D eigenvalue weighted by molar-refractivity contribution is 14.0. The van der Waals surface area contributed by atoms with Crippen LogP contribution in [0, 0.1) is 0 Å². The number of morpholine rings is 1. The van der Waals surface area contributed by atoms with Crippen LogP contribution >= 0.6 is 24.0 Å². The van der Waals surface area contributed by atoms with Crippen molar-refractivity contribution < 1.29 is 4.74 Å². The van der Waals surface area contributed by atoms with Crippen LogP contribution in [0.2, 0.25) is 0 Å². The van der Waals surface area contributed by atoms with Crippen LogP contribution in [0.5, 0.6) is 0 Å². The van der Waals surface area contributed by atoms with E-state index in [1.165, 1.54) is 0 Å². The van der Waals surface area contributed by atoms with Crippen molar-refractivity contribution in [1.29, 1.82) is 0 Å². The Morgan fingerprint density at radius 3 is 2.78 bits per heavy atom. The molecule has 2 N–H and O–H groups in total. The maximum atomic E-state index is 5.35. The second-order valence-electron chi connectivity index (χ2n) is 5.29. The lowest BCUT2D eigenvalue weighted by Crippen LogP contribution is -2.40. The van der Waals surface area contributed by atoms with Crippen molar-refractivity contribution in [1.82, 2.24) is 30.3 Å². The molecule has 23 heavy (non-hydrogen) atoms. The fourth-order valence-corrected chi connectivity index (χ4v) is 2.28. The van der Waals surface area contributed by atoms with Gasteiger partial charge in [0.1, 0.15) is 12.9 Å². The van der Waals surface area contributed by atoms with Gasteiger partial charge in [-0.15, -0.1) is 34.2 Å². The molecule has 1 aromatic rings. The zero-order valence-electron chi connectivity index (χ0n) is 14.0. The average molecular weight is 437 g/mol. The summed E-state index contributed by atoms with van der Waals surface area (Å²) < 4.78 is 7.23. The van der Waals surface area contributed by atoms with Crippen LogP contribution in [-0.2, 0) is 18.3 Å². The summed E-state index contributed by atoms with van der Waals surface area (Å²) in [5.41, 5.74) is 0. The number of guanidine groups is 1. The van der Waals surface area contributed by atoms with Crippen molar-refractivity contribution in [3.8, 4) is 0 Å². The number of aromatic nitrogens is 3. The third kappa shape index (κ3) is 7.44. The van der Waals surface area contributed by atoms with E-state index >= 15 is 0 Å². The van der Waals surface area contributed by atoms with E-state index in [9.17, 15) is 0 Å². The van der Waals surface area contributed by atoms with Gasteiger partial charge in [0.25, 0.3) is 0 Å². The molecule has 0 bridgehead atoms. The third-order valence-electron chi connectivity index (χ3n) is 3.58. The molecule has 1 aliphatic heterocycles. The van der Waals surface area contributed by atoms with E-state index in [0.29, 0.717) is 6.54 Å². The molecular formula is C14H28IN7O. The number of ether oxygens (including phenoxy) is 1. The number of nitrogens with zero attached hydrogens (tertiary/aromatic N) is 5. The monoisotopic (exact) mass is 437 g/mol. The number of hydrogen-bond donors (Lipinski definition) is 2. The Morgan fingerprint density at radius 2 is 2.13 bits per heavy atom. The maximum absolute atomic E-state index is 5.35. The maximum Gasteiger partial charge on any atom is 0.191 e. The minimum Gasteiger partial charge on any atom is -0.379 e. The summed E-state index contributed by atoms with van der Waals surface area (Å²) in [6.45, 7) is 9.23. The number of rotatable bonds is 7. The minimum atomic E-state index is 0. The smallest absolute Gasteiger partial charge is 0.191 e. The Morgan fingerprint density at radius 1 is 1.35 bits per heavy atom. The zero-order valence-corrected chi connectivity index (χ0v) is 16.3. The summed E-state index contributed by atoms with van der Waals surface area (Å²) in [6.07, 6.45) is 2.78. The fourth-order valence-electron chi connectivity index (χ4n) is 2.28. The summed E-state index contributed by atoms with van der Waals surface area (Å²) in [5, 5.41) is 14.5. The summed E-state index contributed by atoms with van der Waals surface area (Å²) in [6, 6.07) is 0. The van der Waals surface area contributed by atoms with Crippen LogP contribution in [0.4, 0.5) is 0 Å². The molecule has 8 nitrogen and oxygen atoms in total. The average Bonchev–Trinajstić information content (AvgIpc) is 2.95. The van der Waals surface area contributed by atoms with E-state index in [4.69, 9.17) is 4.74 Å². The summed E-state index contributed by atoms with van der Waals surface area (Å²) in [4.78, 5) is 6.98. The summed E-state index contributed by atoms with van der Waals surface area (Å²) >= 11 is 0. The molecule has 132 valence electrons. The van der Waals surface area contributed by atoms with E-state index in [2.05, 4.69) is 37.6 Å². The SMILES string of the molecule is CCNC(=NCc1nncn1C)NCCCN1CCOCC1.I. The molecule has 0 aromatic carbocycles. The predicted molar refractivity (Wildman–Crippen MR) is 101 cm³/mol. The van der Waals surface area contributed by atoms with Gasteiger partial charge in [-0.2, -0.15) is 0 Å². The molecule has 0 radical (unpaired) electrons. The van der Waals surface area contributed by atoms with E-state index in [1.807, 2.05) is 11.6 Å². The molecule has 2 heterocycles. The highest BCUT2D eigenvalue weighted by atomic mass is 127. The highest BCUT2D eigenvalue weighted by Crippen LogP contribution is 1.97. The molecule has 0 unspecified atom stereocenters. The van der Waals surface area contributed by atoms with E-state index < -0.39 is 0 Å². The molecule has 0 atom stereocenters. The van der Waals surface area contributed by atoms with Crippen LogP contribution < -0.4 is 10.6 Å². The largest absolute Gasteiger partial charge is 0.379 e. The molecule has 2 rings (SSSR count). The second kappa shape index (κ2) is 11.6. The predicted octanol–water partition coefficient (Wildman–Crippen LogP) is 0.211. The third-order valence-corrected chi connectivity index (χ3v) is 3.58. The molecule has 1 aromatic heterocycles. The van der Waals surface area contributed by atoms with Gasteiger partial charge in [0.2, 0.25) is 0 Å². The Bertz CT molecular complexity index is 460. The van der Waals surface area contributed by atoms with E-state index in [-0.39, 0.29) is 24.0 Å². The Kier molecular flexibility index (Phi) is 10.1. The Balaban J connectivity index is 0.00000264. The van der Waals surface area contributed by atoms with Gasteiger partial charge in [-0.25, -0.2) is 4.99 Å². The van der Waals surface area contributed by atoms with Crippen LogP contribution in [0.1, 0.15) is 19.2 Å². The Hall–Kier alpha value is -0.940. The van der Waals surface area contributed by atoms with E-state index in [1.54, 1.807) is 6.33 Å². The van der Waals surface area contributed by atoms with Crippen LogP contribution in [0.25, 0.3) is 0 Å². The number of aryl methyl sites for hydroxylation is 1. The second-order valence-corrected chi connectivity index (χ2v) is 5.29. The number of nitrogens with one attached hydrogen (secondary N) is 2. The topological polar surface area (TPSA) is 79.6 Å². The molecule has 0 saturated carbocycles. The van der Waals surface area contributed by atoms with Crippen molar-refractivity contribution in [3.05, 3.63) is 12.2 Å². The first-order valence-electron chi connectivity index (χ1n) is 7.94. The van der Waals surface area contributed by atoms with Gasteiger partial charge >= 0.3 is 0 Å². The minimum absolute atomic E-state index is 0. The lowest BCUT2D eigenvalue weighted by atomic mass is 10.3. The first kappa shape index (κ1) is 20.1. The van der Waals surface area contributed by atoms with E-state index in [0.717, 1.165) is 64.1 Å². The van der Waals surface area contributed by atoms with Gasteiger partial charge in [0, 0.05) is 33.2 Å². The first-order valence-corrected chi connectivity index (χ1v) is 7.94. The quantitative estimate of drug-likeness (QED) is 0.275. The lowest BCUT2D eigenvalue weighted by molar-refractivity contribution is 0.0376. The zero-order chi connectivity index (χ0) is 15.6. The summed E-state index contributed by atoms with van der Waals surface area (Å²) in [5.74, 6) is 1.68. The Labute approximate surface area is 155 Å². The van der Waals surface area contributed by atoms with Crippen LogP contribution in [0.3, 0.4) is 0 Å². The van der Waals surface area contributed by atoms with Gasteiger partial charge in [-0.05, 0) is 19.9 Å². The first-order chi connectivity index (χ1) is 10.8. The summed E-state index contributed by atoms with van der Waals surface area (Å²) in [7, 11) is 1.92. The van der Waals surface area contributed by atoms with Gasteiger partial charge in [-0.3, -0.25) is 4.90 Å². The van der Waals surface area contributed by atoms with Crippen molar-refractivity contribution >= 4 is 29.9 Å². The molecule has 1 fully saturated rings. The van der Waals surface area contributed by atoms with Crippen molar-refractivity contribution in [2.75, 3.05) is 45.9 Å². The number of hydrogen-bond acceptors (Lipinski definition) is 5. The van der Waals surface area contributed by atoms with Crippen LogP contribution in [-0.4, -0.2) is 71.6 Å². The van der Waals surface area contributed by atoms with Gasteiger partial charge in [0.15, 0.2) is 11.8 Å². The van der Waals surface area contributed by atoms with Crippen molar-refractivity contribution in [2.45, 2.75) is 19.9 Å². The molecule has 0 aliphatic carbocycles. The standard InChI is InChI=1S/C14H27N7O.HI/c1-3-15-14(17-11-13-19-18-12-20(13)2)16-5-4-6-21-7-9-22-10-8-21;/h12H,3-11H2,1-2H3,(H2,15,16,17);1H. The number of halogens is 1. The van der Waals surface area contributed by atoms with Crippen molar-refractivity contribution in [3.63, 3.8) is 0 Å². The highest BCUT2D eigenvalue weighted by Gasteiger charge is 2.09. The molecule has 1 aliphatic rings. The fraction of sp³-hybridized carbons (Fsp3) is 0.786. The van der Waals surface area contributed by atoms with Crippen LogP contribution in [0.15, 0.2) is 11.3 Å². The number of aliphatic imine (C=N–C) groups is 1. The van der Waals surface area contributed by atoms with Gasteiger partial charge in [0.05, 0.1) is 13.2 Å². The van der Waals surface area contributed by atoms with Gasteiger partial charge in [-0.1, -0.05) is 0 Å².